The number of nitrogen functional groups attached to an aromatic ring is 1. The molecule has 2 aromatic heterocycles. The summed E-state index contributed by atoms with van der Waals surface area (Å²) < 4.78 is 2.06. The maximum Gasteiger partial charge on any atom is 0.329 e. The van der Waals surface area contributed by atoms with Crippen molar-refractivity contribution in [2.75, 3.05) is 17.2 Å². The highest BCUT2D eigenvalue weighted by molar-refractivity contribution is 5.56. The molecule has 126 valence electrons. The number of fused-ring (bicyclic) bond motifs is 1. The third-order valence-electron chi connectivity index (χ3n) is 4.05. The van der Waals surface area contributed by atoms with Crippen molar-refractivity contribution in [1.29, 1.82) is 0 Å². The van der Waals surface area contributed by atoms with E-state index in [1.54, 1.807) is 0 Å². The van der Waals surface area contributed by atoms with E-state index >= 15 is 0 Å². The summed E-state index contributed by atoms with van der Waals surface area (Å²) in [5, 5.41) is 19.4. The van der Waals surface area contributed by atoms with E-state index < -0.39 is 4.92 Å². The number of aromatic nitrogens is 5. The van der Waals surface area contributed by atoms with Crippen LogP contribution in [0.3, 0.4) is 0 Å². The van der Waals surface area contributed by atoms with Gasteiger partial charge in [-0.1, -0.05) is 30.3 Å². The summed E-state index contributed by atoms with van der Waals surface area (Å²) in [4.78, 5) is 20.2. The summed E-state index contributed by atoms with van der Waals surface area (Å²) in [5.41, 5.74) is 6.36. The molecule has 4 rings (SSSR count). The zero-order chi connectivity index (χ0) is 17.4. The number of hydrogen-bond acceptors (Lipinski definition) is 8. The van der Waals surface area contributed by atoms with Crippen molar-refractivity contribution in [3.8, 4) is 11.4 Å². The van der Waals surface area contributed by atoms with Crippen molar-refractivity contribution < 1.29 is 4.92 Å². The molecular weight excluding hydrogens is 324 g/mol. The molecule has 0 saturated heterocycles. The summed E-state index contributed by atoms with van der Waals surface area (Å²) in [6.45, 7) is 1.74. The van der Waals surface area contributed by atoms with Crippen molar-refractivity contribution in [1.82, 2.24) is 24.7 Å². The number of nitrogens with two attached hydrogens (primary N) is 1. The van der Waals surface area contributed by atoms with Crippen LogP contribution in [0, 0.1) is 10.1 Å². The van der Waals surface area contributed by atoms with Crippen molar-refractivity contribution in [3.63, 3.8) is 0 Å². The van der Waals surface area contributed by atoms with E-state index in [1.807, 2.05) is 35.2 Å². The molecule has 0 bridgehead atoms. The number of benzene rings is 1. The van der Waals surface area contributed by atoms with E-state index in [4.69, 9.17) is 5.73 Å². The SMILES string of the molecule is Nc1nc(N2CCn3c(nnc3-c3ccccc3)C2)ncc1[N+](=O)[O-]. The van der Waals surface area contributed by atoms with Gasteiger partial charge < -0.3 is 15.2 Å². The molecular formula is C15H14N8O2. The molecule has 2 N–H and O–H groups in total. The zero-order valence-electron chi connectivity index (χ0n) is 13.1. The molecule has 25 heavy (non-hydrogen) atoms. The highest BCUT2D eigenvalue weighted by Crippen LogP contribution is 2.25. The van der Waals surface area contributed by atoms with Gasteiger partial charge in [-0.2, -0.15) is 4.98 Å². The van der Waals surface area contributed by atoms with Gasteiger partial charge in [-0.05, 0) is 0 Å². The van der Waals surface area contributed by atoms with Crippen molar-refractivity contribution in [2.24, 2.45) is 0 Å². The summed E-state index contributed by atoms with van der Waals surface area (Å²) in [6.07, 6.45) is 1.13. The van der Waals surface area contributed by atoms with Gasteiger partial charge in [-0.25, -0.2) is 4.98 Å². The number of anilines is 2. The average molecular weight is 338 g/mol. The van der Waals surface area contributed by atoms with E-state index in [-0.39, 0.29) is 11.5 Å². The second-order valence-electron chi connectivity index (χ2n) is 5.58. The maximum atomic E-state index is 10.8. The average Bonchev–Trinajstić information content (AvgIpc) is 3.05. The Kier molecular flexibility index (Phi) is 3.49. The van der Waals surface area contributed by atoms with Crippen LogP contribution >= 0.6 is 0 Å². The predicted octanol–water partition coefficient (Wildman–Crippen LogP) is 1.25. The summed E-state index contributed by atoms with van der Waals surface area (Å²) in [7, 11) is 0. The molecule has 1 aliphatic rings. The molecule has 3 heterocycles. The smallest absolute Gasteiger partial charge is 0.329 e. The first-order valence-corrected chi connectivity index (χ1v) is 7.63. The van der Waals surface area contributed by atoms with E-state index in [1.165, 1.54) is 0 Å². The normalized spacial score (nSPS) is 13.5. The van der Waals surface area contributed by atoms with E-state index in [2.05, 4.69) is 24.7 Å². The zero-order valence-corrected chi connectivity index (χ0v) is 13.1. The number of rotatable bonds is 3. The summed E-state index contributed by atoms with van der Waals surface area (Å²) >= 11 is 0. The lowest BCUT2D eigenvalue weighted by atomic mass is 10.2. The van der Waals surface area contributed by atoms with Gasteiger partial charge in [0.2, 0.25) is 11.8 Å². The molecule has 1 aliphatic heterocycles. The fraction of sp³-hybridized carbons (Fsp3) is 0.200. The molecule has 0 radical (unpaired) electrons. The summed E-state index contributed by atoms with van der Waals surface area (Å²) in [6, 6.07) is 9.85. The second kappa shape index (κ2) is 5.82. The van der Waals surface area contributed by atoms with Gasteiger partial charge in [-0.15, -0.1) is 10.2 Å². The Hall–Kier alpha value is -3.56. The fourth-order valence-electron chi connectivity index (χ4n) is 2.80. The lowest BCUT2D eigenvalue weighted by Crippen LogP contribution is -2.35. The number of hydrogen-bond donors (Lipinski definition) is 1. The molecule has 0 spiro atoms. The first-order valence-electron chi connectivity index (χ1n) is 7.63. The Morgan fingerprint density at radius 1 is 1.16 bits per heavy atom. The lowest BCUT2D eigenvalue weighted by molar-refractivity contribution is -0.384. The molecule has 0 saturated carbocycles. The van der Waals surface area contributed by atoms with E-state index in [0.717, 1.165) is 23.4 Å². The molecule has 0 atom stereocenters. The van der Waals surface area contributed by atoms with Crippen LogP contribution in [0.2, 0.25) is 0 Å². The Morgan fingerprint density at radius 2 is 1.96 bits per heavy atom. The van der Waals surface area contributed by atoms with Crippen LogP contribution in [0.1, 0.15) is 5.82 Å². The third kappa shape index (κ3) is 2.63. The van der Waals surface area contributed by atoms with Crippen LogP contribution in [-0.2, 0) is 13.1 Å². The Labute approximate surface area is 142 Å². The minimum Gasteiger partial charge on any atom is -0.378 e. The van der Waals surface area contributed by atoms with Crippen LogP contribution < -0.4 is 10.6 Å². The third-order valence-corrected chi connectivity index (χ3v) is 4.05. The molecule has 0 unspecified atom stereocenters. The molecule has 3 aromatic rings. The first kappa shape index (κ1) is 15.0. The van der Waals surface area contributed by atoms with Gasteiger partial charge in [0.05, 0.1) is 11.5 Å². The molecule has 10 nitrogen and oxygen atoms in total. The largest absolute Gasteiger partial charge is 0.378 e. The molecule has 0 fully saturated rings. The van der Waals surface area contributed by atoms with Crippen LogP contribution in [-0.4, -0.2) is 36.2 Å². The summed E-state index contributed by atoms with van der Waals surface area (Å²) in [5.74, 6) is 1.80. The molecule has 0 amide bonds. The topological polar surface area (TPSA) is 129 Å². The van der Waals surface area contributed by atoms with Crippen LogP contribution in [0.4, 0.5) is 17.5 Å². The Balaban J connectivity index is 1.61. The van der Waals surface area contributed by atoms with Crippen LogP contribution in [0.5, 0.6) is 0 Å². The first-order chi connectivity index (χ1) is 12.1. The highest BCUT2D eigenvalue weighted by atomic mass is 16.6. The van der Waals surface area contributed by atoms with Gasteiger partial charge >= 0.3 is 5.69 Å². The predicted molar refractivity (Wildman–Crippen MR) is 89.6 cm³/mol. The van der Waals surface area contributed by atoms with Gasteiger partial charge in [0.15, 0.2) is 11.6 Å². The Bertz CT molecular complexity index is 940. The van der Waals surface area contributed by atoms with Crippen molar-refractivity contribution in [3.05, 3.63) is 52.5 Å². The number of nitro groups is 1. The Morgan fingerprint density at radius 3 is 2.68 bits per heavy atom. The lowest BCUT2D eigenvalue weighted by Gasteiger charge is -2.27. The van der Waals surface area contributed by atoms with Crippen molar-refractivity contribution in [2.45, 2.75) is 13.1 Å². The minimum atomic E-state index is -0.599. The van der Waals surface area contributed by atoms with Gasteiger partial charge in [0.25, 0.3) is 0 Å². The molecule has 10 heteroatoms. The maximum absolute atomic E-state index is 10.8. The molecule has 1 aromatic carbocycles. The highest BCUT2D eigenvalue weighted by Gasteiger charge is 2.25. The quantitative estimate of drug-likeness (QED) is 0.558. The van der Waals surface area contributed by atoms with Gasteiger partial charge in [-0.3, -0.25) is 10.1 Å². The van der Waals surface area contributed by atoms with Crippen LogP contribution in [0.15, 0.2) is 36.5 Å². The van der Waals surface area contributed by atoms with Gasteiger partial charge in [0.1, 0.15) is 6.20 Å². The number of nitrogens with zero attached hydrogens (tertiary/aromatic N) is 7. The minimum absolute atomic E-state index is 0.146. The fourth-order valence-corrected chi connectivity index (χ4v) is 2.80. The monoisotopic (exact) mass is 338 g/mol. The van der Waals surface area contributed by atoms with Gasteiger partial charge in [0, 0.05) is 18.7 Å². The molecule has 0 aliphatic carbocycles. The van der Waals surface area contributed by atoms with E-state index in [0.29, 0.717) is 25.6 Å². The standard InChI is InChI=1S/C15H14N8O2/c16-13-11(23(24)25)8-17-15(18-13)21-6-7-22-12(9-21)19-20-14(22)10-4-2-1-3-5-10/h1-5,8H,6-7,9H2,(H2,16,17,18). The second-order valence-corrected chi connectivity index (χ2v) is 5.58. The van der Waals surface area contributed by atoms with E-state index in [9.17, 15) is 10.1 Å². The van der Waals surface area contributed by atoms with Crippen LogP contribution in [0.25, 0.3) is 11.4 Å². The van der Waals surface area contributed by atoms with Crippen molar-refractivity contribution >= 4 is 17.5 Å².